The summed E-state index contributed by atoms with van der Waals surface area (Å²) in [6.07, 6.45) is 6.06. The van der Waals surface area contributed by atoms with Gasteiger partial charge in [-0.2, -0.15) is 10.2 Å². The highest BCUT2D eigenvalue weighted by molar-refractivity contribution is 6.01. The molecule has 0 aliphatic heterocycles. The molecule has 2 heterocycles. The van der Waals surface area contributed by atoms with Crippen molar-refractivity contribution in [2.24, 2.45) is 10.2 Å². The maximum absolute atomic E-state index is 13.2. The molecule has 0 bridgehead atoms. The molecule has 14 heteroatoms. The minimum absolute atomic E-state index is 0.0810. The highest BCUT2D eigenvalue weighted by atomic mass is 16.3. The highest BCUT2D eigenvalue weighted by Gasteiger charge is 2.25. The molecule has 0 aliphatic rings. The standard InChI is InChI=1S/C40H32N6O8/c1-20-2-4-21(5-3-20)38(28-18-41-30-8-6-22(10-26(28)30)39(53)45-43-16-24-12-34(49)36(51)14-32(24)47)29-19-42-31-9-7-23(11-27(29)31)40(54)46-44-17-25-13-35(50)37(52)15-33(25)48/h2-19,38,41-42,47-52H,1H3,(H,45,53)(H,46,54)/b43-16+,44-17+. The van der Waals surface area contributed by atoms with E-state index in [0.717, 1.165) is 80.8 Å². The quantitative estimate of drug-likeness (QED) is 0.0372. The zero-order chi connectivity index (χ0) is 38.1. The van der Waals surface area contributed by atoms with Crippen LogP contribution in [0.5, 0.6) is 34.5 Å². The predicted octanol–water partition coefficient (Wildman–Crippen LogP) is 5.90. The molecule has 0 saturated carbocycles. The second kappa shape index (κ2) is 14.1. The Balaban J connectivity index is 1.21. The second-order valence-corrected chi connectivity index (χ2v) is 12.6. The summed E-state index contributed by atoms with van der Waals surface area (Å²) in [6.45, 7) is 1.99. The molecule has 10 N–H and O–H groups in total. The van der Waals surface area contributed by atoms with Gasteiger partial charge in [0.1, 0.15) is 11.5 Å². The number of carbonyl (C=O) groups excluding carboxylic acids is 2. The van der Waals surface area contributed by atoms with E-state index in [2.05, 4.69) is 31.0 Å². The first kappa shape index (κ1) is 34.7. The minimum Gasteiger partial charge on any atom is -0.507 e. The van der Waals surface area contributed by atoms with E-state index in [0.29, 0.717) is 11.1 Å². The number of benzene rings is 5. The molecule has 0 atom stereocenters. The van der Waals surface area contributed by atoms with Crippen molar-refractivity contribution < 1.29 is 40.2 Å². The molecule has 0 saturated heterocycles. The van der Waals surface area contributed by atoms with Crippen molar-refractivity contribution in [3.05, 3.63) is 142 Å². The normalized spacial score (nSPS) is 11.7. The molecule has 2 amide bonds. The summed E-state index contributed by atoms with van der Waals surface area (Å²) in [6, 6.07) is 22.6. The number of carbonyl (C=O) groups is 2. The van der Waals surface area contributed by atoms with Crippen molar-refractivity contribution in [2.45, 2.75) is 12.8 Å². The Kier molecular flexibility index (Phi) is 9.07. The summed E-state index contributed by atoms with van der Waals surface area (Å²) in [7, 11) is 0. The number of hydrogen-bond acceptors (Lipinski definition) is 10. The van der Waals surface area contributed by atoms with Crippen LogP contribution in [0.3, 0.4) is 0 Å². The molecule has 54 heavy (non-hydrogen) atoms. The Bertz CT molecular complexity index is 2480. The van der Waals surface area contributed by atoms with Gasteiger partial charge >= 0.3 is 0 Å². The van der Waals surface area contributed by atoms with Gasteiger partial charge < -0.3 is 40.6 Å². The van der Waals surface area contributed by atoms with E-state index in [1.165, 1.54) is 0 Å². The van der Waals surface area contributed by atoms with E-state index in [9.17, 15) is 40.2 Å². The Morgan fingerprint density at radius 3 is 1.44 bits per heavy atom. The maximum Gasteiger partial charge on any atom is 0.271 e. The van der Waals surface area contributed by atoms with Crippen LogP contribution in [0.2, 0.25) is 0 Å². The number of rotatable bonds is 9. The van der Waals surface area contributed by atoms with Crippen LogP contribution >= 0.6 is 0 Å². The van der Waals surface area contributed by atoms with E-state index in [4.69, 9.17) is 0 Å². The number of aromatic hydroxyl groups is 6. The van der Waals surface area contributed by atoms with Gasteiger partial charge in [0, 0.05) is 74.5 Å². The van der Waals surface area contributed by atoms with E-state index in [1.807, 2.05) is 43.6 Å². The van der Waals surface area contributed by atoms with Crippen LogP contribution in [0, 0.1) is 6.92 Å². The van der Waals surface area contributed by atoms with E-state index < -0.39 is 34.8 Å². The van der Waals surface area contributed by atoms with Gasteiger partial charge in [-0.15, -0.1) is 0 Å². The first-order valence-corrected chi connectivity index (χ1v) is 16.4. The van der Waals surface area contributed by atoms with Crippen molar-refractivity contribution in [2.75, 3.05) is 0 Å². The Morgan fingerprint density at radius 1 is 0.574 bits per heavy atom. The van der Waals surface area contributed by atoms with Gasteiger partial charge in [0.05, 0.1) is 12.4 Å². The fourth-order valence-electron chi connectivity index (χ4n) is 6.15. The van der Waals surface area contributed by atoms with Gasteiger partial charge in [-0.3, -0.25) is 9.59 Å². The van der Waals surface area contributed by atoms with E-state index >= 15 is 0 Å². The monoisotopic (exact) mass is 724 g/mol. The molecule has 0 radical (unpaired) electrons. The van der Waals surface area contributed by atoms with Crippen LogP contribution in [0.15, 0.2) is 108 Å². The van der Waals surface area contributed by atoms with Crippen LogP contribution in [0.1, 0.15) is 60.0 Å². The van der Waals surface area contributed by atoms with Crippen LogP contribution < -0.4 is 10.9 Å². The van der Waals surface area contributed by atoms with Gasteiger partial charge in [-0.25, -0.2) is 10.9 Å². The minimum atomic E-state index is -0.530. The van der Waals surface area contributed by atoms with Gasteiger partial charge in [-0.1, -0.05) is 29.8 Å². The van der Waals surface area contributed by atoms with Gasteiger partial charge in [-0.05, 0) is 72.1 Å². The van der Waals surface area contributed by atoms with Crippen molar-refractivity contribution in [1.82, 2.24) is 20.8 Å². The number of H-pyrrole nitrogens is 2. The number of phenols is 6. The Morgan fingerprint density at radius 2 is 1.00 bits per heavy atom. The molecule has 5 aromatic carbocycles. The average molecular weight is 725 g/mol. The fraction of sp³-hybridized carbons (Fsp3) is 0.0500. The molecular weight excluding hydrogens is 692 g/mol. The maximum atomic E-state index is 13.2. The summed E-state index contributed by atoms with van der Waals surface area (Å²) in [4.78, 5) is 33.1. The number of fused-ring (bicyclic) bond motifs is 2. The first-order chi connectivity index (χ1) is 26.0. The lowest BCUT2D eigenvalue weighted by atomic mass is 9.84. The molecule has 270 valence electrons. The third kappa shape index (κ3) is 6.81. The first-order valence-electron chi connectivity index (χ1n) is 16.4. The number of nitrogens with zero attached hydrogens (tertiary/aromatic N) is 2. The van der Waals surface area contributed by atoms with Crippen LogP contribution in [0.4, 0.5) is 0 Å². The molecule has 0 fully saturated rings. The average Bonchev–Trinajstić information content (AvgIpc) is 3.77. The smallest absolute Gasteiger partial charge is 0.271 e. The van der Waals surface area contributed by atoms with E-state index in [1.54, 1.807) is 36.4 Å². The van der Waals surface area contributed by atoms with Gasteiger partial charge in [0.2, 0.25) is 0 Å². The SMILES string of the molecule is Cc1ccc(C(c2c[nH]c3ccc(C(=O)N/N=C/c4cc(O)c(O)cc4O)cc23)c2c[nH]c3ccc(C(=O)N/N=C/c4cc(O)c(O)cc4O)cc23)cc1. The molecule has 0 spiro atoms. The van der Waals surface area contributed by atoms with Crippen molar-refractivity contribution >= 4 is 46.0 Å². The lowest BCUT2D eigenvalue weighted by Crippen LogP contribution is -2.17. The molecule has 7 rings (SSSR count). The molecule has 0 unspecified atom stereocenters. The lowest BCUT2D eigenvalue weighted by Gasteiger charge is -2.18. The van der Waals surface area contributed by atoms with Gasteiger partial charge in [0.25, 0.3) is 11.8 Å². The zero-order valence-corrected chi connectivity index (χ0v) is 28.4. The molecular formula is C40H32N6O8. The molecule has 14 nitrogen and oxygen atoms in total. The van der Waals surface area contributed by atoms with Crippen molar-refractivity contribution in [3.8, 4) is 34.5 Å². The topological polar surface area (TPSA) is 236 Å². The van der Waals surface area contributed by atoms with Gasteiger partial charge in [0.15, 0.2) is 23.0 Å². The molecule has 0 aliphatic carbocycles. The second-order valence-electron chi connectivity index (χ2n) is 12.6. The fourth-order valence-corrected chi connectivity index (χ4v) is 6.15. The number of amides is 2. The molecule has 7 aromatic rings. The zero-order valence-electron chi connectivity index (χ0n) is 28.4. The molecule has 2 aromatic heterocycles. The number of phenolic OH excluding ortho intramolecular Hbond substituents is 6. The highest BCUT2D eigenvalue weighted by Crippen LogP contribution is 2.40. The third-order valence-electron chi connectivity index (χ3n) is 8.97. The van der Waals surface area contributed by atoms with E-state index in [-0.39, 0.29) is 28.5 Å². The number of hydrogen-bond donors (Lipinski definition) is 10. The predicted molar refractivity (Wildman–Crippen MR) is 202 cm³/mol. The van der Waals surface area contributed by atoms with Crippen molar-refractivity contribution in [1.29, 1.82) is 0 Å². The summed E-state index contributed by atoms with van der Waals surface area (Å²) < 4.78 is 0. The van der Waals surface area contributed by atoms with Crippen LogP contribution in [-0.4, -0.2) is 64.9 Å². The summed E-state index contributed by atoms with van der Waals surface area (Å²) in [5.41, 5.74) is 10.9. The summed E-state index contributed by atoms with van der Waals surface area (Å²) in [5.74, 6) is -4.00. The number of aryl methyl sites for hydroxylation is 1. The number of aromatic amines is 2. The lowest BCUT2D eigenvalue weighted by molar-refractivity contribution is 0.0947. The number of nitrogens with one attached hydrogen (secondary N) is 4. The Labute approximate surface area is 306 Å². The summed E-state index contributed by atoms with van der Waals surface area (Å²) >= 11 is 0. The largest absolute Gasteiger partial charge is 0.507 e. The van der Waals surface area contributed by atoms with Crippen LogP contribution in [-0.2, 0) is 0 Å². The number of hydrazone groups is 2. The Hall–Kier alpha value is -7.74. The number of aromatic nitrogens is 2. The third-order valence-corrected chi connectivity index (χ3v) is 8.97. The summed E-state index contributed by atoms with van der Waals surface area (Å²) in [5, 5.41) is 68.1. The van der Waals surface area contributed by atoms with Crippen molar-refractivity contribution in [3.63, 3.8) is 0 Å². The van der Waals surface area contributed by atoms with Crippen LogP contribution in [0.25, 0.3) is 21.8 Å².